The lowest BCUT2D eigenvalue weighted by Gasteiger charge is -2.20. The number of amides is 1. The van der Waals surface area contributed by atoms with Crippen molar-refractivity contribution in [3.05, 3.63) is 28.8 Å². The highest BCUT2D eigenvalue weighted by molar-refractivity contribution is 6.33. The van der Waals surface area contributed by atoms with E-state index in [9.17, 15) is 18.0 Å². The number of benzene rings is 1. The largest absolute Gasteiger partial charge is 0.416 e. The molecule has 0 radical (unpaired) electrons. The zero-order valence-electron chi connectivity index (χ0n) is 11.4. The molecule has 0 saturated carbocycles. The summed E-state index contributed by atoms with van der Waals surface area (Å²) in [5, 5.41) is 5.35. The number of rotatable bonds is 3. The smallest absolute Gasteiger partial charge is 0.324 e. The van der Waals surface area contributed by atoms with E-state index in [1.807, 2.05) is 20.8 Å². The number of hydrogen-bond acceptors (Lipinski definition) is 2. The van der Waals surface area contributed by atoms with E-state index in [0.29, 0.717) is 0 Å². The Bertz CT molecular complexity index is 495. The van der Waals surface area contributed by atoms with Gasteiger partial charge in [0.15, 0.2) is 0 Å². The lowest BCUT2D eigenvalue weighted by molar-refractivity contribution is -0.137. The summed E-state index contributed by atoms with van der Waals surface area (Å²) < 4.78 is 37.7. The number of anilines is 1. The summed E-state index contributed by atoms with van der Waals surface area (Å²) in [6.07, 6.45) is -4.48. The van der Waals surface area contributed by atoms with Gasteiger partial charge in [0, 0.05) is 5.54 Å². The first-order valence-corrected chi connectivity index (χ1v) is 6.28. The minimum absolute atomic E-state index is 0.0178. The van der Waals surface area contributed by atoms with Gasteiger partial charge in [-0.15, -0.1) is 0 Å². The minimum atomic E-state index is -4.48. The fraction of sp³-hybridized carbons (Fsp3) is 0.462. The Labute approximate surface area is 120 Å². The lowest BCUT2D eigenvalue weighted by atomic mass is 10.1. The minimum Gasteiger partial charge on any atom is -0.324 e. The molecule has 2 N–H and O–H groups in total. The van der Waals surface area contributed by atoms with Gasteiger partial charge in [-0.1, -0.05) is 11.6 Å². The van der Waals surface area contributed by atoms with Crippen molar-refractivity contribution in [3.8, 4) is 0 Å². The second-order valence-corrected chi connectivity index (χ2v) is 5.75. The average Bonchev–Trinajstić information content (AvgIpc) is 2.27. The van der Waals surface area contributed by atoms with Crippen LogP contribution in [0.2, 0.25) is 5.02 Å². The average molecular weight is 309 g/mol. The summed E-state index contributed by atoms with van der Waals surface area (Å²) in [5.41, 5.74) is -1.18. The van der Waals surface area contributed by atoms with Crippen LogP contribution in [0, 0.1) is 0 Å². The fourth-order valence-corrected chi connectivity index (χ4v) is 1.50. The molecule has 0 saturated heterocycles. The molecule has 1 aromatic carbocycles. The molecule has 0 unspecified atom stereocenters. The van der Waals surface area contributed by atoms with Crippen LogP contribution in [0.1, 0.15) is 26.3 Å². The molecule has 0 bridgehead atoms. The maximum absolute atomic E-state index is 12.6. The summed E-state index contributed by atoms with van der Waals surface area (Å²) in [4.78, 5) is 11.7. The van der Waals surface area contributed by atoms with Gasteiger partial charge in [0.05, 0.1) is 22.8 Å². The van der Waals surface area contributed by atoms with Gasteiger partial charge in [-0.05, 0) is 39.0 Å². The van der Waals surface area contributed by atoms with E-state index in [-0.39, 0.29) is 22.8 Å². The van der Waals surface area contributed by atoms with Gasteiger partial charge in [-0.3, -0.25) is 4.79 Å². The number of halogens is 4. The zero-order valence-corrected chi connectivity index (χ0v) is 12.1. The van der Waals surface area contributed by atoms with Crippen LogP contribution >= 0.6 is 11.6 Å². The van der Waals surface area contributed by atoms with Gasteiger partial charge < -0.3 is 10.6 Å². The molecule has 20 heavy (non-hydrogen) atoms. The van der Waals surface area contributed by atoms with Crippen molar-refractivity contribution >= 4 is 23.2 Å². The molecular weight excluding hydrogens is 293 g/mol. The third kappa shape index (κ3) is 5.38. The molecule has 1 rings (SSSR count). The van der Waals surface area contributed by atoms with Gasteiger partial charge in [0.1, 0.15) is 0 Å². The monoisotopic (exact) mass is 308 g/mol. The highest BCUT2D eigenvalue weighted by atomic mass is 35.5. The first-order valence-electron chi connectivity index (χ1n) is 5.91. The summed E-state index contributed by atoms with van der Waals surface area (Å²) >= 11 is 5.78. The van der Waals surface area contributed by atoms with Crippen molar-refractivity contribution < 1.29 is 18.0 Å². The Balaban J connectivity index is 2.79. The molecule has 112 valence electrons. The van der Waals surface area contributed by atoms with Crippen LogP contribution in [0.25, 0.3) is 0 Å². The highest BCUT2D eigenvalue weighted by Gasteiger charge is 2.31. The van der Waals surface area contributed by atoms with Gasteiger partial charge in [0.2, 0.25) is 5.91 Å². The Morgan fingerprint density at radius 1 is 1.25 bits per heavy atom. The second-order valence-electron chi connectivity index (χ2n) is 5.34. The third-order valence-electron chi connectivity index (χ3n) is 2.35. The molecule has 0 aliphatic heterocycles. The summed E-state index contributed by atoms with van der Waals surface area (Å²) in [6.45, 7) is 5.60. The quantitative estimate of drug-likeness (QED) is 0.894. The van der Waals surface area contributed by atoms with Crippen LogP contribution in [-0.4, -0.2) is 18.0 Å². The number of carbonyl (C=O) groups excluding carboxylic acids is 1. The molecule has 0 heterocycles. The van der Waals surface area contributed by atoms with E-state index in [0.717, 1.165) is 18.2 Å². The molecule has 0 atom stereocenters. The number of carbonyl (C=O) groups is 1. The van der Waals surface area contributed by atoms with E-state index in [1.165, 1.54) is 0 Å². The van der Waals surface area contributed by atoms with Gasteiger partial charge >= 0.3 is 6.18 Å². The highest BCUT2D eigenvalue weighted by Crippen LogP contribution is 2.33. The Morgan fingerprint density at radius 2 is 1.85 bits per heavy atom. The van der Waals surface area contributed by atoms with Crippen molar-refractivity contribution in [1.82, 2.24) is 5.32 Å². The maximum Gasteiger partial charge on any atom is 0.416 e. The van der Waals surface area contributed by atoms with Crippen LogP contribution in [0.4, 0.5) is 18.9 Å². The maximum atomic E-state index is 12.6. The number of alkyl halides is 3. The molecule has 1 amide bonds. The molecule has 0 aromatic heterocycles. The van der Waals surface area contributed by atoms with E-state index in [4.69, 9.17) is 11.6 Å². The topological polar surface area (TPSA) is 41.1 Å². The molecule has 1 aromatic rings. The van der Waals surface area contributed by atoms with Crippen LogP contribution in [0.5, 0.6) is 0 Å². The third-order valence-corrected chi connectivity index (χ3v) is 2.68. The summed E-state index contributed by atoms with van der Waals surface area (Å²) in [7, 11) is 0. The SMILES string of the molecule is CC(C)(C)NCC(=O)Nc1cc(C(F)(F)F)ccc1Cl. The normalized spacial score (nSPS) is 12.3. The molecule has 0 spiro atoms. The van der Waals surface area contributed by atoms with Crippen LogP contribution in [-0.2, 0) is 11.0 Å². The van der Waals surface area contributed by atoms with Gasteiger partial charge in [-0.25, -0.2) is 0 Å². The molecule has 0 aliphatic carbocycles. The van der Waals surface area contributed by atoms with Crippen LogP contribution < -0.4 is 10.6 Å². The Kier molecular flexibility index (Phi) is 5.05. The van der Waals surface area contributed by atoms with E-state index >= 15 is 0 Å². The number of nitrogens with one attached hydrogen (secondary N) is 2. The standard InChI is InChI=1S/C13H16ClF3N2O/c1-12(2,3)18-7-11(20)19-10-6-8(13(15,16)17)4-5-9(10)14/h4-6,18H,7H2,1-3H3,(H,19,20). The molecular formula is C13H16ClF3N2O. The molecule has 3 nitrogen and oxygen atoms in total. The lowest BCUT2D eigenvalue weighted by Crippen LogP contribution is -2.41. The van der Waals surface area contributed by atoms with Crippen LogP contribution in [0.15, 0.2) is 18.2 Å². The number of hydrogen-bond donors (Lipinski definition) is 2. The predicted octanol–water partition coefficient (Wildman–Crippen LogP) is 3.69. The molecule has 0 aliphatic rings. The van der Waals surface area contributed by atoms with Crippen molar-refractivity contribution in [2.75, 3.05) is 11.9 Å². The van der Waals surface area contributed by atoms with Crippen molar-refractivity contribution in [2.45, 2.75) is 32.5 Å². The molecule has 7 heteroatoms. The fourth-order valence-electron chi connectivity index (χ4n) is 1.34. The Morgan fingerprint density at radius 3 is 2.35 bits per heavy atom. The van der Waals surface area contributed by atoms with Crippen LogP contribution in [0.3, 0.4) is 0 Å². The molecule has 0 fully saturated rings. The predicted molar refractivity (Wildman–Crippen MR) is 72.8 cm³/mol. The first kappa shape index (κ1) is 16.8. The summed E-state index contributed by atoms with van der Waals surface area (Å²) in [6, 6.07) is 2.79. The zero-order chi connectivity index (χ0) is 15.6. The van der Waals surface area contributed by atoms with E-state index in [2.05, 4.69) is 10.6 Å². The Hall–Kier alpha value is -1.27. The van der Waals surface area contributed by atoms with Crippen molar-refractivity contribution in [3.63, 3.8) is 0 Å². The second kappa shape index (κ2) is 6.01. The van der Waals surface area contributed by atoms with Crippen molar-refractivity contribution in [2.24, 2.45) is 0 Å². The van der Waals surface area contributed by atoms with E-state index < -0.39 is 17.6 Å². The first-order chi connectivity index (χ1) is 8.99. The van der Waals surface area contributed by atoms with Gasteiger partial charge in [0.25, 0.3) is 0 Å². The van der Waals surface area contributed by atoms with Crippen molar-refractivity contribution in [1.29, 1.82) is 0 Å². The van der Waals surface area contributed by atoms with Gasteiger partial charge in [-0.2, -0.15) is 13.2 Å². The summed E-state index contributed by atoms with van der Waals surface area (Å²) in [5.74, 6) is -0.457. The van der Waals surface area contributed by atoms with E-state index in [1.54, 1.807) is 0 Å².